The van der Waals surface area contributed by atoms with Crippen molar-refractivity contribution in [1.82, 2.24) is 10.2 Å². The summed E-state index contributed by atoms with van der Waals surface area (Å²) in [5.41, 5.74) is 0. The third-order valence-corrected chi connectivity index (χ3v) is 4.07. The summed E-state index contributed by atoms with van der Waals surface area (Å²) in [5.74, 6) is 0.143. The van der Waals surface area contributed by atoms with Crippen molar-refractivity contribution in [3.05, 3.63) is 12.2 Å². The van der Waals surface area contributed by atoms with E-state index in [2.05, 4.69) is 25.2 Å². The average molecular weight is 327 g/mol. The number of allylic oxidation sites excluding steroid dienone is 1. The lowest BCUT2D eigenvalue weighted by molar-refractivity contribution is -0.123. The van der Waals surface area contributed by atoms with Gasteiger partial charge >= 0.3 is 0 Å². The molecular weight excluding hydrogens is 288 g/mol. The van der Waals surface area contributed by atoms with E-state index >= 15 is 0 Å². The molecule has 0 saturated carbocycles. The molecule has 23 heavy (non-hydrogen) atoms. The lowest BCUT2D eigenvalue weighted by Gasteiger charge is -2.23. The van der Waals surface area contributed by atoms with Crippen LogP contribution in [0.4, 0.5) is 0 Å². The molecule has 0 aromatic heterocycles. The molecule has 0 aliphatic rings. The Morgan fingerprint density at radius 1 is 1.13 bits per heavy atom. The van der Waals surface area contributed by atoms with Crippen molar-refractivity contribution in [2.75, 3.05) is 14.1 Å². The van der Waals surface area contributed by atoms with Crippen LogP contribution in [0.15, 0.2) is 12.2 Å². The van der Waals surface area contributed by atoms with Gasteiger partial charge in [0.1, 0.15) is 0 Å². The van der Waals surface area contributed by atoms with Gasteiger partial charge in [0.25, 0.3) is 0 Å². The Bertz CT molecular complexity index is 316. The van der Waals surface area contributed by atoms with Crippen LogP contribution in [-0.2, 0) is 4.79 Å². The van der Waals surface area contributed by atoms with E-state index in [1.54, 1.807) is 0 Å². The van der Waals surface area contributed by atoms with Gasteiger partial charge in [0, 0.05) is 6.42 Å². The summed E-state index contributed by atoms with van der Waals surface area (Å²) in [7, 11) is 3.97. The minimum absolute atomic E-state index is 0.136. The summed E-state index contributed by atoms with van der Waals surface area (Å²) in [6, 6.07) is 0. The van der Waals surface area contributed by atoms with Gasteiger partial charge in [-0.1, -0.05) is 58.1 Å². The van der Waals surface area contributed by atoms with Gasteiger partial charge in [-0.3, -0.25) is 9.69 Å². The quantitative estimate of drug-likeness (QED) is 0.290. The van der Waals surface area contributed by atoms with Gasteiger partial charge in [-0.2, -0.15) is 0 Å². The maximum atomic E-state index is 11.8. The van der Waals surface area contributed by atoms with Gasteiger partial charge in [-0.15, -0.1) is 0 Å². The number of amides is 1. The fourth-order valence-corrected chi connectivity index (χ4v) is 2.52. The Morgan fingerprint density at radius 3 is 2.43 bits per heavy atom. The first kappa shape index (κ1) is 22.1. The molecule has 1 amide bonds. The summed E-state index contributed by atoms with van der Waals surface area (Å²) in [6.45, 7) is 4.25. The van der Waals surface area contributed by atoms with Crippen LogP contribution < -0.4 is 5.32 Å². The fraction of sp³-hybridized carbons (Fsp3) is 0.842. The number of nitrogens with one attached hydrogen (secondary N) is 1. The predicted molar refractivity (Wildman–Crippen MR) is 98.3 cm³/mol. The van der Waals surface area contributed by atoms with Crippen molar-refractivity contribution in [3.8, 4) is 0 Å². The van der Waals surface area contributed by atoms with Crippen LogP contribution in [0.1, 0.15) is 78.1 Å². The summed E-state index contributed by atoms with van der Waals surface area (Å²) in [6.07, 6.45) is 13.7. The zero-order chi connectivity index (χ0) is 17.5. The molecule has 0 aromatic carbocycles. The van der Waals surface area contributed by atoms with E-state index in [-0.39, 0.29) is 18.2 Å². The number of hydrogen-bond donors (Lipinski definition) is 2. The van der Waals surface area contributed by atoms with Gasteiger partial charge in [0.15, 0.2) is 0 Å². The van der Waals surface area contributed by atoms with Crippen LogP contribution >= 0.6 is 0 Å². The summed E-state index contributed by atoms with van der Waals surface area (Å²) in [5, 5.41) is 12.9. The predicted octanol–water partition coefficient (Wildman–Crippen LogP) is 3.85. The topological polar surface area (TPSA) is 52.6 Å². The molecule has 0 radical (unpaired) electrons. The monoisotopic (exact) mass is 326 g/mol. The van der Waals surface area contributed by atoms with Crippen molar-refractivity contribution in [1.29, 1.82) is 0 Å². The highest BCUT2D eigenvalue weighted by molar-refractivity contribution is 5.76. The maximum Gasteiger partial charge on any atom is 0.221 e. The zero-order valence-corrected chi connectivity index (χ0v) is 15.7. The van der Waals surface area contributed by atoms with E-state index in [1.807, 2.05) is 25.1 Å². The van der Waals surface area contributed by atoms with E-state index in [1.165, 1.54) is 12.8 Å². The molecule has 0 bridgehead atoms. The molecule has 0 aromatic rings. The molecule has 0 rings (SSSR count). The minimum atomic E-state index is -0.305. The number of aliphatic hydroxyl groups excluding tert-OH is 1. The summed E-state index contributed by atoms with van der Waals surface area (Å²) >= 11 is 0. The second-order valence-corrected chi connectivity index (χ2v) is 6.55. The minimum Gasteiger partial charge on any atom is -0.389 e. The van der Waals surface area contributed by atoms with Crippen LogP contribution in [-0.4, -0.2) is 42.3 Å². The van der Waals surface area contributed by atoms with E-state index in [4.69, 9.17) is 0 Å². The first-order chi connectivity index (χ1) is 11.0. The number of aliphatic hydroxyl groups is 1. The fourth-order valence-electron chi connectivity index (χ4n) is 2.52. The molecule has 0 spiro atoms. The summed E-state index contributed by atoms with van der Waals surface area (Å²) < 4.78 is 0. The standard InChI is InChI=1S/C19H38N2O2/c1-5-7-8-11-14-17(22)15-12-9-10-13-16-19(23)20-18(6-2)21(3)4/h11,14,17-18,22H,5-10,12-13,15-16H2,1-4H3,(H,20,23). The van der Waals surface area contributed by atoms with Crippen LogP contribution in [0.5, 0.6) is 0 Å². The molecule has 136 valence electrons. The van der Waals surface area contributed by atoms with Crippen LogP contribution in [0.3, 0.4) is 0 Å². The van der Waals surface area contributed by atoms with Crippen LogP contribution in [0.25, 0.3) is 0 Å². The first-order valence-electron chi connectivity index (χ1n) is 9.31. The molecule has 0 aliphatic carbocycles. The van der Waals surface area contributed by atoms with Gasteiger partial charge in [0.2, 0.25) is 5.91 Å². The van der Waals surface area contributed by atoms with E-state index in [0.717, 1.165) is 44.9 Å². The number of unbranched alkanes of at least 4 members (excludes halogenated alkanes) is 5. The highest BCUT2D eigenvalue weighted by Crippen LogP contribution is 2.09. The third-order valence-electron chi connectivity index (χ3n) is 4.07. The average Bonchev–Trinajstić information content (AvgIpc) is 2.52. The molecule has 2 unspecified atom stereocenters. The van der Waals surface area contributed by atoms with Gasteiger partial charge in [-0.05, 0) is 39.8 Å². The largest absolute Gasteiger partial charge is 0.389 e. The molecule has 4 heteroatoms. The maximum absolute atomic E-state index is 11.8. The first-order valence-corrected chi connectivity index (χ1v) is 9.31. The van der Waals surface area contributed by atoms with Gasteiger partial charge in [-0.25, -0.2) is 0 Å². The second-order valence-electron chi connectivity index (χ2n) is 6.55. The lowest BCUT2D eigenvalue weighted by atomic mass is 10.1. The number of rotatable bonds is 14. The van der Waals surface area contributed by atoms with Crippen LogP contribution in [0.2, 0.25) is 0 Å². The smallest absolute Gasteiger partial charge is 0.221 e. The Hall–Kier alpha value is -0.870. The molecule has 2 atom stereocenters. The number of carbonyl (C=O) groups excluding carboxylic acids is 1. The van der Waals surface area contributed by atoms with Crippen LogP contribution in [0, 0.1) is 0 Å². The molecule has 0 saturated heterocycles. The molecule has 4 nitrogen and oxygen atoms in total. The summed E-state index contributed by atoms with van der Waals surface area (Å²) in [4.78, 5) is 13.9. The molecule has 2 N–H and O–H groups in total. The van der Waals surface area contributed by atoms with Crippen molar-refractivity contribution in [2.45, 2.75) is 90.3 Å². The molecule has 0 heterocycles. The second kappa shape index (κ2) is 14.7. The van der Waals surface area contributed by atoms with Crippen molar-refractivity contribution in [2.24, 2.45) is 0 Å². The van der Waals surface area contributed by atoms with Crippen molar-refractivity contribution in [3.63, 3.8) is 0 Å². The van der Waals surface area contributed by atoms with E-state index in [9.17, 15) is 9.90 Å². The normalized spacial score (nSPS) is 14.3. The van der Waals surface area contributed by atoms with Crippen molar-refractivity contribution < 1.29 is 9.90 Å². The zero-order valence-electron chi connectivity index (χ0n) is 15.7. The SMILES string of the molecule is CCCCC=CC(O)CCCCCCC(=O)NC(CC)N(C)C. The lowest BCUT2D eigenvalue weighted by Crippen LogP contribution is -2.44. The van der Waals surface area contributed by atoms with Gasteiger partial charge in [0.05, 0.1) is 12.3 Å². The Kier molecular flexibility index (Phi) is 14.1. The van der Waals surface area contributed by atoms with E-state index in [0.29, 0.717) is 6.42 Å². The van der Waals surface area contributed by atoms with Crippen molar-refractivity contribution >= 4 is 5.91 Å². The third kappa shape index (κ3) is 13.3. The Labute approximate surface area is 143 Å². The number of hydrogen-bond acceptors (Lipinski definition) is 3. The van der Waals surface area contributed by atoms with E-state index < -0.39 is 0 Å². The Morgan fingerprint density at radius 2 is 1.83 bits per heavy atom. The highest BCUT2D eigenvalue weighted by Gasteiger charge is 2.11. The number of carbonyl (C=O) groups is 1. The molecule has 0 fully saturated rings. The Balaban J connectivity index is 3.58. The number of nitrogens with zero attached hydrogens (tertiary/aromatic N) is 1. The van der Waals surface area contributed by atoms with Gasteiger partial charge < -0.3 is 10.4 Å². The highest BCUT2D eigenvalue weighted by atomic mass is 16.3. The molecule has 0 aliphatic heterocycles. The molecular formula is C19H38N2O2.